The van der Waals surface area contributed by atoms with E-state index in [0.29, 0.717) is 6.04 Å². The van der Waals surface area contributed by atoms with Crippen LogP contribution in [0.15, 0.2) is 0 Å². The van der Waals surface area contributed by atoms with E-state index in [1.54, 1.807) is 0 Å². The Kier molecular flexibility index (Phi) is 5.07. The second-order valence-electron chi connectivity index (χ2n) is 5.67. The SMILES string of the molecule is CCC1CNC(C(C)C)CN1CC(C)C. The van der Waals surface area contributed by atoms with Crippen LogP contribution in [0.2, 0.25) is 0 Å². The maximum absolute atomic E-state index is 3.68. The van der Waals surface area contributed by atoms with Crippen LogP contribution in [-0.4, -0.2) is 36.6 Å². The van der Waals surface area contributed by atoms with Crippen LogP contribution < -0.4 is 5.32 Å². The van der Waals surface area contributed by atoms with Crippen LogP contribution in [0.4, 0.5) is 0 Å². The molecule has 1 aliphatic rings. The third kappa shape index (κ3) is 3.76. The van der Waals surface area contributed by atoms with Crippen LogP contribution in [0.25, 0.3) is 0 Å². The van der Waals surface area contributed by atoms with Crippen LogP contribution in [0.5, 0.6) is 0 Å². The highest BCUT2D eigenvalue weighted by atomic mass is 15.2. The van der Waals surface area contributed by atoms with Crippen LogP contribution in [-0.2, 0) is 0 Å². The Hall–Kier alpha value is -0.0800. The monoisotopic (exact) mass is 212 g/mol. The first-order chi connectivity index (χ1) is 7.04. The molecule has 0 bridgehead atoms. The summed E-state index contributed by atoms with van der Waals surface area (Å²) >= 11 is 0. The molecule has 1 heterocycles. The van der Waals surface area contributed by atoms with Gasteiger partial charge in [-0.2, -0.15) is 0 Å². The van der Waals surface area contributed by atoms with Gasteiger partial charge >= 0.3 is 0 Å². The van der Waals surface area contributed by atoms with E-state index in [1.807, 2.05) is 0 Å². The van der Waals surface area contributed by atoms with Gasteiger partial charge in [0.1, 0.15) is 0 Å². The molecule has 2 atom stereocenters. The molecule has 0 aromatic carbocycles. The third-order valence-electron chi connectivity index (χ3n) is 3.44. The van der Waals surface area contributed by atoms with Gasteiger partial charge in [0, 0.05) is 31.7 Å². The van der Waals surface area contributed by atoms with Crippen molar-refractivity contribution in [2.24, 2.45) is 11.8 Å². The number of rotatable bonds is 4. The molecule has 0 aromatic rings. The molecule has 1 N–H and O–H groups in total. The lowest BCUT2D eigenvalue weighted by Gasteiger charge is -2.42. The summed E-state index contributed by atoms with van der Waals surface area (Å²) in [5.74, 6) is 1.53. The average molecular weight is 212 g/mol. The first-order valence-electron chi connectivity index (χ1n) is 6.52. The number of nitrogens with zero attached hydrogens (tertiary/aromatic N) is 1. The summed E-state index contributed by atoms with van der Waals surface area (Å²) in [7, 11) is 0. The largest absolute Gasteiger partial charge is 0.311 e. The van der Waals surface area contributed by atoms with Crippen LogP contribution in [0.1, 0.15) is 41.0 Å². The van der Waals surface area contributed by atoms with Gasteiger partial charge in [-0.05, 0) is 18.3 Å². The molecule has 2 heteroatoms. The summed E-state index contributed by atoms with van der Waals surface area (Å²) in [6, 6.07) is 1.44. The van der Waals surface area contributed by atoms with Gasteiger partial charge in [0.25, 0.3) is 0 Å². The molecule has 0 spiro atoms. The molecule has 1 rings (SSSR count). The smallest absolute Gasteiger partial charge is 0.0218 e. The van der Waals surface area contributed by atoms with E-state index in [1.165, 1.54) is 26.1 Å². The summed E-state index contributed by atoms with van der Waals surface area (Å²) in [6.07, 6.45) is 1.27. The summed E-state index contributed by atoms with van der Waals surface area (Å²) in [4.78, 5) is 2.69. The molecule has 0 radical (unpaired) electrons. The molecule has 90 valence electrons. The molecule has 0 aliphatic carbocycles. The highest BCUT2D eigenvalue weighted by molar-refractivity contribution is 4.87. The molecule has 15 heavy (non-hydrogen) atoms. The molecular weight excluding hydrogens is 184 g/mol. The molecule has 2 nitrogen and oxygen atoms in total. The zero-order chi connectivity index (χ0) is 11.4. The van der Waals surface area contributed by atoms with E-state index in [0.717, 1.165) is 17.9 Å². The van der Waals surface area contributed by atoms with E-state index in [9.17, 15) is 0 Å². The molecule has 1 aliphatic heterocycles. The zero-order valence-electron chi connectivity index (χ0n) is 11.1. The van der Waals surface area contributed by atoms with Gasteiger partial charge in [0.05, 0.1) is 0 Å². The lowest BCUT2D eigenvalue weighted by atomic mass is 9.97. The Morgan fingerprint density at radius 2 is 1.93 bits per heavy atom. The van der Waals surface area contributed by atoms with Gasteiger partial charge in [-0.3, -0.25) is 4.90 Å². The minimum absolute atomic E-state index is 0.687. The second-order valence-corrected chi connectivity index (χ2v) is 5.67. The molecule has 0 saturated carbocycles. The summed E-state index contributed by atoms with van der Waals surface area (Å²) in [6.45, 7) is 15.2. The van der Waals surface area contributed by atoms with Crippen molar-refractivity contribution in [3.05, 3.63) is 0 Å². The van der Waals surface area contributed by atoms with Crippen LogP contribution >= 0.6 is 0 Å². The number of hydrogen-bond donors (Lipinski definition) is 1. The van der Waals surface area contributed by atoms with E-state index in [4.69, 9.17) is 0 Å². The van der Waals surface area contributed by atoms with E-state index >= 15 is 0 Å². The van der Waals surface area contributed by atoms with Crippen molar-refractivity contribution in [1.29, 1.82) is 0 Å². The minimum atomic E-state index is 0.687. The van der Waals surface area contributed by atoms with Gasteiger partial charge in [-0.1, -0.05) is 34.6 Å². The fraction of sp³-hybridized carbons (Fsp3) is 1.00. The van der Waals surface area contributed by atoms with Gasteiger partial charge in [-0.15, -0.1) is 0 Å². The van der Waals surface area contributed by atoms with E-state index in [2.05, 4.69) is 44.8 Å². The molecule has 2 unspecified atom stereocenters. The fourth-order valence-electron chi connectivity index (χ4n) is 2.42. The fourth-order valence-corrected chi connectivity index (χ4v) is 2.42. The topological polar surface area (TPSA) is 15.3 Å². The van der Waals surface area contributed by atoms with Crippen molar-refractivity contribution in [3.8, 4) is 0 Å². The van der Waals surface area contributed by atoms with Gasteiger partial charge < -0.3 is 5.32 Å². The summed E-state index contributed by atoms with van der Waals surface area (Å²) < 4.78 is 0. The molecular formula is C13H28N2. The van der Waals surface area contributed by atoms with E-state index in [-0.39, 0.29) is 0 Å². The number of hydrogen-bond acceptors (Lipinski definition) is 2. The van der Waals surface area contributed by atoms with Crippen molar-refractivity contribution in [3.63, 3.8) is 0 Å². The average Bonchev–Trinajstić information content (AvgIpc) is 2.16. The maximum atomic E-state index is 3.68. The minimum Gasteiger partial charge on any atom is -0.311 e. The van der Waals surface area contributed by atoms with Gasteiger partial charge in [0.2, 0.25) is 0 Å². The van der Waals surface area contributed by atoms with Crippen LogP contribution in [0, 0.1) is 11.8 Å². The molecule has 1 fully saturated rings. The Bertz CT molecular complexity index is 177. The lowest BCUT2D eigenvalue weighted by Crippen LogP contribution is -2.58. The highest BCUT2D eigenvalue weighted by Gasteiger charge is 2.28. The summed E-state index contributed by atoms with van der Waals surface area (Å²) in [5, 5.41) is 3.68. The molecule has 1 saturated heterocycles. The van der Waals surface area contributed by atoms with Gasteiger partial charge in [0.15, 0.2) is 0 Å². The van der Waals surface area contributed by atoms with Gasteiger partial charge in [-0.25, -0.2) is 0 Å². The first kappa shape index (κ1) is 13.0. The lowest BCUT2D eigenvalue weighted by molar-refractivity contribution is 0.0981. The quantitative estimate of drug-likeness (QED) is 0.769. The maximum Gasteiger partial charge on any atom is 0.0218 e. The Morgan fingerprint density at radius 1 is 1.27 bits per heavy atom. The molecule has 0 amide bonds. The normalized spacial score (nSPS) is 29.0. The predicted molar refractivity (Wildman–Crippen MR) is 67.1 cm³/mol. The van der Waals surface area contributed by atoms with Crippen LogP contribution in [0.3, 0.4) is 0 Å². The third-order valence-corrected chi connectivity index (χ3v) is 3.44. The second kappa shape index (κ2) is 5.86. The van der Waals surface area contributed by atoms with Crippen molar-refractivity contribution in [2.75, 3.05) is 19.6 Å². The highest BCUT2D eigenvalue weighted by Crippen LogP contribution is 2.16. The Morgan fingerprint density at radius 3 is 2.40 bits per heavy atom. The Balaban J connectivity index is 2.53. The summed E-state index contributed by atoms with van der Waals surface area (Å²) in [5.41, 5.74) is 0. The van der Waals surface area contributed by atoms with Crippen molar-refractivity contribution in [2.45, 2.75) is 53.1 Å². The molecule has 0 aromatic heterocycles. The number of nitrogens with one attached hydrogen (secondary N) is 1. The Labute approximate surface area is 95.4 Å². The van der Waals surface area contributed by atoms with Crippen molar-refractivity contribution >= 4 is 0 Å². The zero-order valence-corrected chi connectivity index (χ0v) is 11.1. The number of piperazine rings is 1. The van der Waals surface area contributed by atoms with E-state index < -0.39 is 0 Å². The van der Waals surface area contributed by atoms with Crippen molar-refractivity contribution in [1.82, 2.24) is 10.2 Å². The van der Waals surface area contributed by atoms with Crippen molar-refractivity contribution < 1.29 is 0 Å². The standard InChI is InChI=1S/C13H28N2/c1-6-12-7-14-13(11(4)5)9-15(12)8-10(2)3/h10-14H,6-9H2,1-5H3. The first-order valence-corrected chi connectivity index (χ1v) is 6.52. The predicted octanol–water partition coefficient (Wildman–Crippen LogP) is 2.35.